The van der Waals surface area contributed by atoms with E-state index in [1.165, 1.54) is 11.8 Å². The van der Waals surface area contributed by atoms with Gasteiger partial charge in [-0.3, -0.25) is 18.6 Å². The van der Waals surface area contributed by atoms with Crippen molar-refractivity contribution in [2.24, 2.45) is 0 Å². The number of aromatic amines is 1. The van der Waals surface area contributed by atoms with Gasteiger partial charge in [0.05, 0.1) is 16.2 Å². The molecule has 3 heterocycles. The summed E-state index contributed by atoms with van der Waals surface area (Å²) in [4.78, 5) is 29.7. The van der Waals surface area contributed by atoms with Crippen LogP contribution in [0.25, 0.3) is 27.6 Å². The van der Waals surface area contributed by atoms with Crippen LogP contribution in [0.2, 0.25) is 0 Å². The first-order valence-electron chi connectivity index (χ1n) is 11.3. The monoisotopic (exact) mass is 475 g/mol. The number of hydrogen-bond acceptors (Lipinski definition) is 6. The van der Waals surface area contributed by atoms with Crippen molar-refractivity contribution in [2.75, 3.05) is 13.2 Å². The van der Waals surface area contributed by atoms with Crippen molar-refractivity contribution in [1.29, 1.82) is 0 Å². The number of Topliss-reactive ketones (excluding diaryl/α,β-unsaturated/α-hetero) is 1. The van der Waals surface area contributed by atoms with Crippen molar-refractivity contribution >= 4 is 45.1 Å². The largest absolute Gasteiger partial charge is 0.382 e. The van der Waals surface area contributed by atoms with Gasteiger partial charge in [0.2, 0.25) is 5.78 Å². The summed E-state index contributed by atoms with van der Waals surface area (Å²) in [5.41, 5.74) is 2.20. The minimum absolute atomic E-state index is 0.00791. The SMILES string of the molecule is CCOCCCn1c(=O)c2ccccc2n2c(SC(C)C(=O)c3c[nH]c4ccccc34)nnc12. The molecule has 0 aliphatic rings. The van der Waals surface area contributed by atoms with Crippen LogP contribution >= 0.6 is 11.8 Å². The van der Waals surface area contributed by atoms with Crippen LogP contribution in [-0.4, -0.2) is 48.4 Å². The Morgan fingerprint density at radius 2 is 1.88 bits per heavy atom. The fourth-order valence-corrected chi connectivity index (χ4v) is 5.11. The minimum Gasteiger partial charge on any atom is -0.382 e. The number of ether oxygens (including phenoxy) is 1. The summed E-state index contributed by atoms with van der Waals surface area (Å²) in [6.45, 7) is 5.49. The highest BCUT2D eigenvalue weighted by molar-refractivity contribution is 8.00. The van der Waals surface area contributed by atoms with Gasteiger partial charge in [0, 0.05) is 42.4 Å². The van der Waals surface area contributed by atoms with E-state index in [1.54, 1.807) is 10.8 Å². The summed E-state index contributed by atoms with van der Waals surface area (Å²) in [5.74, 6) is 0.475. The van der Waals surface area contributed by atoms with Gasteiger partial charge >= 0.3 is 0 Å². The third-order valence-electron chi connectivity index (χ3n) is 5.86. The van der Waals surface area contributed by atoms with Gasteiger partial charge in [0.1, 0.15) is 0 Å². The summed E-state index contributed by atoms with van der Waals surface area (Å²) in [5, 5.41) is 10.4. The molecule has 34 heavy (non-hydrogen) atoms. The number of thioether (sulfide) groups is 1. The Bertz CT molecular complexity index is 1550. The van der Waals surface area contributed by atoms with Gasteiger partial charge in [-0.1, -0.05) is 42.1 Å². The van der Waals surface area contributed by atoms with E-state index in [0.29, 0.717) is 48.1 Å². The van der Waals surface area contributed by atoms with Crippen LogP contribution in [0.4, 0.5) is 0 Å². The number of hydrogen-bond donors (Lipinski definition) is 1. The molecule has 0 radical (unpaired) electrons. The second-order valence-corrected chi connectivity index (χ2v) is 9.32. The van der Waals surface area contributed by atoms with Crippen molar-refractivity contribution in [3.63, 3.8) is 0 Å². The number of fused-ring (bicyclic) bond motifs is 4. The van der Waals surface area contributed by atoms with Crippen LogP contribution in [0.3, 0.4) is 0 Å². The van der Waals surface area contributed by atoms with Crippen LogP contribution in [0.15, 0.2) is 64.7 Å². The predicted octanol–water partition coefficient (Wildman–Crippen LogP) is 4.32. The second-order valence-electron chi connectivity index (χ2n) is 8.01. The van der Waals surface area contributed by atoms with Crippen LogP contribution in [-0.2, 0) is 11.3 Å². The molecule has 1 atom stereocenters. The molecule has 1 unspecified atom stereocenters. The van der Waals surface area contributed by atoms with E-state index in [1.807, 2.05) is 66.8 Å². The number of carbonyl (C=O) groups excluding carboxylic acids is 1. The zero-order valence-electron chi connectivity index (χ0n) is 19.0. The van der Waals surface area contributed by atoms with Gasteiger partial charge in [-0.25, -0.2) is 0 Å². The Hall–Kier alpha value is -3.43. The van der Waals surface area contributed by atoms with Crippen molar-refractivity contribution in [3.8, 4) is 0 Å². The fourth-order valence-electron chi connectivity index (χ4n) is 4.19. The van der Waals surface area contributed by atoms with Gasteiger partial charge < -0.3 is 9.72 Å². The van der Waals surface area contributed by atoms with Crippen molar-refractivity contribution < 1.29 is 9.53 Å². The lowest BCUT2D eigenvalue weighted by molar-refractivity contribution is 0.0995. The van der Waals surface area contributed by atoms with E-state index in [9.17, 15) is 9.59 Å². The number of benzene rings is 2. The topological polar surface area (TPSA) is 94.3 Å². The normalized spacial score (nSPS) is 12.6. The maximum Gasteiger partial charge on any atom is 0.262 e. The summed E-state index contributed by atoms with van der Waals surface area (Å²) in [7, 11) is 0. The molecule has 0 fully saturated rings. The van der Waals surface area contributed by atoms with Crippen LogP contribution in [0, 0.1) is 0 Å². The molecule has 0 aliphatic heterocycles. The number of para-hydroxylation sites is 2. The highest BCUT2D eigenvalue weighted by Gasteiger charge is 2.24. The maximum absolute atomic E-state index is 13.3. The standard InChI is InChI=1S/C25H25N5O3S/c1-3-33-14-8-13-29-23(32)18-10-5-7-12-21(18)30-24(29)27-28-25(30)34-16(2)22(31)19-15-26-20-11-6-4-9-17(19)20/h4-7,9-12,15-16,26H,3,8,13-14H2,1-2H3. The van der Waals surface area contributed by atoms with E-state index in [0.717, 1.165) is 16.4 Å². The number of nitrogens with one attached hydrogen (secondary N) is 1. The van der Waals surface area contributed by atoms with E-state index in [2.05, 4.69) is 15.2 Å². The average Bonchev–Trinajstić information content (AvgIpc) is 3.48. The number of aryl methyl sites for hydroxylation is 1. The first-order valence-corrected chi connectivity index (χ1v) is 12.2. The lowest BCUT2D eigenvalue weighted by atomic mass is 10.1. The van der Waals surface area contributed by atoms with Crippen LogP contribution < -0.4 is 5.56 Å². The van der Waals surface area contributed by atoms with E-state index in [4.69, 9.17) is 4.74 Å². The van der Waals surface area contributed by atoms with Crippen molar-refractivity contribution in [1.82, 2.24) is 24.1 Å². The Morgan fingerprint density at radius 1 is 1.12 bits per heavy atom. The minimum atomic E-state index is -0.399. The van der Waals surface area contributed by atoms with Gasteiger partial charge in [-0.05, 0) is 38.5 Å². The lowest BCUT2D eigenvalue weighted by Crippen LogP contribution is -2.24. The molecule has 9 heteroatoms. The number of ketones is 1. The maximum atomic E-state index is 13.3. The fraction of sp³-hybridized carbons (Fsp3) is 0.280. The zero-order valence-corrected chi connectivity index (χ0v) is 19.8. The third kappa shape index (κ3) is 3.91. The van der Waals surface area contributed by atoms with Crippen molar-refractivity contribution in [3.05, 3.63) is 70.6 Å². The molecule has 5 rings (SSSR count). The number of rotatable bonds is 9. The molecular formula is C25H25N5O3S. The first kappa shape index (κ1) is 22.4. The molecule has 174 valence electrons. The third-order valence-corrected chi connectivity index (χ3v) is 6.90. The molecule has 0 saturated heterocycles. The van der Waals surface area contributed by atoms with Crippen LogP contribution in [0.1, 0.15) is 30.6 Å². The quantitative estimate of drug-likeness (QED) is 0.194. The van der Waals surface area contributed by atoms with Gasteiger partial charge in [-0.15, -0.1) is 10.2 Å². The molecule has 0 amide bonds. The van der Waals surface area contributed by atoms with Gasteiger partial charge in [0.15, 0.2) is 10.9 Å². The molecule has 5 aromatic rings. The number of carbonyl (C=O) groups is 1. The molecule has 0 saturated carbocycles. The van der Waals surface area contributed by atoms with Crippen LogP contribution in [0.5, 0.6) is 0 Å². The average molecular weight is 476 g/mol. The Kier molecular flexibility index (Phi) is 6.21. The lowest BCUT2D eigenvalue weighted by Gasteiger charge is -2.12. The first-order chi connectivity index (χ1) is 16.6. The summed E-state index contributed by atoms with van der Waals surface area (Å²) >= 11 is 1.34. The number of H-pyrrole nitrogens is 1. The highest BCUT2D eigenvalue weighted by Crippen LogP contribution is 2.29. The van der Waals surface area contributed by atoms with Gasteiger partial charge in [0.25, 0.3) is 5.56 Å². The Balaban J connectivity index is 1.53. The molecule has 0 bridgehead atoms. The summed E-state index contributed by atoms with van der Waals surface area (Å²) < 4.78 is 8.96. The van der Waals surface area contributed by atoms with E-state index in [-0.39, 0.29) is 11.3 Å². The molecule has 3 aromatic heterocycles. The Morgan fingerprint density at radius 3 is 2.71 bits per heavy atom. The van der Waals surface area contributed by atoms with Crippen molar-refractivity contribution in [2.45, 2.75) is 37.2 Å². The smallest absolute Gasteiger partial charge is 0.262 e. The summed E-state index contributed by atoms with van der Waals surface area (Å²) in [6.07, 6.45) is 2.45. The molecule has 8 nitrogen and oxygen atoms in total. The van der Waals surface area contributed by atoms with E-state index < -0.39 is 5.25 Å². The molecule has 0 spiro atoms. The molecule has 2 aromatic carbocycles. The second kappa shape index (κ2) is 9.44. The van der Waals surface area contributed by atoms with Gasteiger partial charge in [-0.2, -0.15) is 0 Å². The Labute approximate surface area is 199 Å². The zero-order chi connectivity index (χ0) is 23.7. The highest BCUT2D eigenvalue weighted by atomic mass is 32.2. The number of nitrogens with zero attached hydrogens (tertiary/aromatic N) is 4. The molecule has 1 N–H and O–H groups in total. The molecule has 0 aliphatic carbocycles. The molecular weight excluding hydrogens is 450 g/mol. The van der Waals surface area contributed by atoms with E-state index >= 15 is 0 Å². The summed E-state index contributed by atoms with van der Waals surface area (Å²) in [6, 6.07) is 15.2. The number of aromatic nitrogens is 5. The predicted molar refractivity (Wildman–Crippen MR) is 134 cm³/mol.